The van der Waals surface area contributed by atoms with Crippen molar-refractivity contribution in [2.24, 2.45) is 5.92 Å². The van der Waals surface area contributed by atoms with Gasteiger partial charge in [0.05, 0.1) is 12.1 Å². The third-order valence-electron chi connectivity index (χ3n) is 7.08. The molecule has 0 radical (unpaired) electrons. The maximum absolute atomic E-state index is 13.5. The monoisotopic (exact) mass is 481 g/mol. The van der Waals surface area contributed by atoms with Gasteiger partial charge in [0.25, 0.3) is 0 Å². The average molecular weight is 482 g/mol. The van der Waals surface area contributed by atoms with Crippen LogP contribution in [0.25, 0.3) is 0 Å². The van der Waals surface area contributed by atoms with Gasteiger partial charge in [-0.05, 0) is 57.2 Å². The van der Waals surface area contributed by atoms with E-state index in [1.54, 1.807) is 6.92 Å². The molecule has 1 aromatic carbocycles. The molecular weight excluding hydrogens is 438 g/mol. The first-order valence-corrected chi connectivity index (χ1v) is 13.0. The highest BCUT2D eigenvalue weighted by molar-refractivity contribution is 5.77. The summed E-state index contributed by atoms with van der Waals surface area (Å²) in [4.78, 5) is 28.2. The summed E-state index contributed by atoms with van der Waals surface area (Å²) in [5, 5.41) is 3.29. The number of aromatic nitrogens is 1. The van der Waals surface area contributed by atoms with Gasteiger partial charge in [0.15, 0.2) is 0 Å². The second-order valence-corrected chi connectivity index (χ2v) is 10.9. The van der Waals surface area contributed by atoms with Crippen molar-refractivity contribution < 1.29 is 14.3 Å². The Labute approximate surface area is 211 Å². The third-order valence-corrected chi connectivity index (χ3v) is 7.08. The maximum atomic E-state index is 13.5. The molecule has 0 saturated carbocycles. The van der Waals surface area contributed by atoms with E-state index in [-0.39, 0.29) is 30.0 Å². The molecule has 1 aliphatic rings. The van der Waals surface area contributed by atoms with Crippen LogP contribution in [0.3, 0.4) is 0 Å². The van der Waals surface area contributed by atoms with Crippen LogP contribution in [0.4, 0.5) is 0 Å². The minimum Gasteiger partial charge on any atom is -0.459 e. The molecule has 1 saturated heterocycles. The Morgan fingerprint density at radius 3 is 2.23 bits per heavy atom. The first-order chi connectivity index (χ1) is 16.6. The Bertz CT molecular complexity index is 932. The molecule has 1 amide bonds. The summed E-state index contributed by atoms with van der Waals surface area (Å²) in [6.45, 7) is 12.4. The Morgan fingerprint density at radius 1 is 1.06 bits per heavy atom. The smallest absolute Gasteiger partial charge is 0.323 e. The molecule has 1 aliphatic heterocycles. The maximum Gasteiger partial charge on any atom is 0.323 e. The van der Waals surface area contributed by atoms with E-state index in [0.717, 1.165) is 24.8 Å². The number of esters is 1. The molecule has 6 nitrogen and oxygen atoms in total. The van der Waals surface area contributed by atoms with Crippen LogP contribution in [-0.4, -0.2) is 45.1 Å². The number of benzene rings is 1. The summed E-state index contributed by atoms with van der Waals surface area (Å²) in [5.41, 5.74) is 0.576. The van der Waals surface area contributed by atoms with E-state index in [0.29, 0.717) is 18.9 Å². The summed E-state index contributed by atoms with van der Waals surface area (Å²) in [7, 11) is 0. The molecule has 2 heterocycles. The van der Waals surface area contributed by atoms with Gasteiger partial charge in [0, 0.05) is 31.9 Å². The average Bonchev–Trinajstić information content (AvgIpc) is 3.44. The van der Waals surface area contributed by atoms with Crippen LogP contribution in [0, 0.1) is 5.92 Å². The quantitative estimate of drug-likeness (QED) is 0.465. The molecule has 3 rings (SSSR count). The zero-order chi connectivity index (χ0) is 25.6. The van der Waals surface area contributed by atoms with Gasteiger partial charge in [0.1, 0.15) is 11.6 Å². The Morgan fingerprint density at radius 2 is 1.69 bits per heavy atom. The summed E-state index contributed by atoms with van der Waals surface area (Å²) in [5.74, 6) is 0.265. The zero-order valence-electron chi connectivity index (χ0n) is 22.2. The Kier molecular flexibility index (Phi) is 9.17. The highest BCUT2D eigenvalue weighted by Gasteiger charge is 2.49. The van der Waals surface area contributed by atoms with Crippen LogP contribution < -0.4 is 5.32 Å². The molecule has 35 heavy (non-hydrogen) atoms. The Balaban J connectivity index is 2.07. The van der Waals surface area contributed by atoms with Gasteiger partial charge in [-0.3, -0.25) is 14.5 Å². The van der Waals surface area contributed by atoms with Crippen molar-refractivity contribution in [1.29, 1.82) is 0 Å². The van der Waals surface area contributed by atoms with E-state index in [1.165, 1.54) is 0 Å². The number of carbonyl (C=O) groups excluding carboxylic acids is 2. The lowest BCUT2D eigenvalue weighted by molar-refractivity contribution is -0.161. The predicted octanol–water partition coefficient (Wildman–Crippen LogP) is 5.35. The topological polar surface area (TPSA) is 63.6 Å². The van der Waals surface area contributed by atoms with Crippen LogP contribution in [0.15, 0.2) is 54.9 Å². The lowest BCUT2D eigenvalue weighted by Gasteiger charge is -2.38. The molecular formula is C29H43N3O3. The second-order valence-electron chi connectivity index (χ2n) is 10.9. The SMILES string of the molecule is CCC(CC)C[C@H](NC(C)=O)[C@H]1[C@H](n2cccc2)CC(C(=O)OC(C)(C)C)N1Cc1ccccc1. The minimum atomic E-state index is -0.566. The fourth-order valence-corrected chi connectivity index (χ4v) is 5.44. The molecule has 1 fully saturated rings. The van der Waals surface area contributed by atoms with Crippen molar-refractivity contribution in [2.45, 2.75) is 104 Å². The van der Waals surface area contributed by atoms with Crippen molar-refractivity contribution in [2.75, 3.05) is 0 Å². The number of nitrogens with zero attached hydrogens (tertiary/aromatic N) is 2. The molecule has 0 spiro atoms. The van der Waals surface area contributed by atoms with Crippen LogP contribution in [0.1, 0.15) is 78.8 Å². The van der Waals surface area contributed by atoms with Crippen LogP contribution in [0.5, 0.6) is 0 Å². The van der Waals surface area contributed by atoms with E-state index in [4.69, 9.17) is 4.74 Å². The fourth-order valence-electron chi connectivity index (χ4n) is 5.44. The first kappa shape index (κ1) is 27.0. The normalized spacial score (nSPS) is 21.7. The van der Waals surface area contributed by atoms with Crippen LogP contribution >= 0.6 is 0 Å². The summed E-state index contributed by atoms with van der Waals surface area (Å²) in [6, 6.07) is 13.8. The number of likely N-dealkylation sites (tertiary alicyclic amines) is 1. The highest BCUT2D eigenvalue weighted by atomic mass is 16.6. The van der Waals surface area contributed by atoms with Gasteiger partial charge in [-0.2, -0.15) is 0 Å². The van der Waals surface area contributed by atoms with E-state index in [9.17, 15) is 9.59 Å². The van der Waals surface area contributed by atoms with Gasteiger partial charge in [0.2, 0.25) is 5.91 Å². The second kappa shape index (κ2) is 11.9. The van der Waals surface area contributed by atoms with Crippen LogP contribution in [0.2, 0.25) is 0 Å². The van der Waals surface area contributed by atoms with Gasteiger partial charge >= 0.3 is 5.97 Å². The Hall–Kier alpha value is -2.60. The predicted molar refractivity (Wildman–Crippen MR) is 140 cm³/mol. The lowest BCUT2D eigenvalue weighted by Crippen LogP contribution is -2.54. The third kappa shape index (κ3) is 7.20. The van der Waals surface area contributed by atoms with Crippen molar-refractivity contribution in [3.8, 4) is 0 Å². The van der Waals surface area contributed by atoms with E-state index in [1.807, 2.05) is 51.1 Å². The fraction of sp³-hybridized carbons (Fsp3) is 0.586. The zero-order valence-corrected chi connectivity index (χ0v) is 22.2. The van der Waals surface area contributed by atoms with Crippen molar-refractivity contribution in [3.05, 3.63) is 60.4 Å². The number of hydrogen-bond donors (Lipinski definition) is 1. The molecule has 2 aromatic rings. The standard InChI is InChI=1S/C29H43N3O3/c1-7-22(8-2)18-24(30-21(3)33)27-25(31-16-12-13-17-31)19-26(28(34)35-29(4,5)6)32(27)20-23-14-10-9-11-15-23/h9-17,22,24-27H,7-8,18-20H2,1-6H3,(H,30,33)/t24-,25+,26?,27-/m0/s1. The molecule has 1 aromatic heterocycles. The molecule has 1 unspecified atom stereocenters. The van der Waals surface area contributed by atoms with Gasteiger partial charge in [-0.15, -0.1) is 0 Å². The number of ether oxygens (including phenoxy) is 1. The van der Waals surface area contributed by atoms with E-state index >= 15 is 0 Å². The van der Waals surface area contributed by atoms with Crippen molar-refractivity contribution in [1.82, 2.24) is 14.8 Å². The molecule has 1 N–H and O–H groups in total. The summed E-state index contributed by atoms with van der Waals surface area (Å²) < 4.78 is 8.11. The van der Waals surface area contributed by atoms with E-state index in [2.05, 4.69) is 53.2 Å². The minimum absolute atomic E-state index is 0.0346. The van der Waals surface area contributed by atoms with Crippen LogP contribution in [-0.2, 0) is 20.9 Å². The number of hydrogen-bond acceptors (Lipinski definition) is 4. The van der Waals surface area contributed by atoms with Gasteiger partial charge < -0.3 is 14.6 Å². The van der Waals surface area contributed by atoms with E-state index < -0.39 is 11.6 Å². The molecule has 6 heteroatoms. The molecule has 4 atom stereocenters. The first-order valence-electron chi connectivity index (χ1n) is 13.0. The summed E-state index contributed by atoms with van der Waals surface area (Å²) in [6.07, 6.45) is 7.76. The summed E-state index contributed by atoms with van der Waals surface area (Å²) >= 11 is 0. The number of amides is 1. The lowest BCUT2D eigenvalue weighted by atomic mass is 9.88. The molecule has 0 aliphatic carbocycles. The molecule has 0 bridgehead atoms. The van der Waals surface area contributed by atoms with Gasteiger partial charge in [-0.1, -0.05) is 57.0 Å². The van der Waals surface area contributed by atoms with Gasteiger partial charge in [-0.25, -0.2) is 0 Å². The molecule has 192 valence electrons. The van der Waals surface area contributed by atoms with Crippen molar-refractivity contribution in [3.63, 3.8) is 0 Å². The number of carbonyl (C=O) groups is 2. The largest absolute Gasteiger partial charge is 0.459 e. The number of rotatable bonds is 10. The van der Waals surface area contributed by atoms with Crippen molar-refractivity contribution >= 4 is 11.9 Å². The number of nitrogens with one attached hydrogen (secondary N) is 1. The highest BCUT2D eigenvalue weighted by Crippen LogP contribution is 2.40.